The summed E-state index contributed by atoms with van der Waals surface area (Å²) >= 11 is 12.0. The van der Waals surface area contributed by atoms with Crippen LogP contribution in [-0.4, -0.2) is 20.6 Å². The summed E-state index contributed by atoms with van der Waals surface area (Å²) in [5, 5.41) is 6.02. The summed E-state index contributed by atoms with van der Waals surface area (Å²) < 4.78 is 30.5. The minimum Gasteiger partial charge on any atom is -0.422 e. The number of esters is 1. The average Bonchev–Trinajstić information content (AvgIpc) is 2.80. The molecule has 6 nitrogen and oxygen atoms in total. The van der Waals surface area contributed by atoms with Crippen LogP contribution in [-0.2, 0) is 10.0 Å². The Hall–Kier alpha value is -3.39. The van der Waals surface area contributed by atoms with Crippen molar-refractivity contribution in [3.8, 4) is 5.75 Å². The largest absolute Gasteiger partial charge is 0.422 e. The number of hydrogen-bond acceptors (Lipinski definition) is 5. The summed E-state index contributed by atoms with van der Waals surface area (Å²) in [5.41, 5.74) is 0.559. The van der Waals surface area contributed by atoms with Crippen LogP contribution in [0.5, 0.6) is 5.75 Å². The van der Waals surface area contributed by atoms with E-state index in [2.05, 4.69) is 9.93 Å². The second-order valence-corrected chi connectivity index (χ2v) is 9.38. The van der Waals surface area contributed by atoms with Gasteiger partial charge >= 0.3 is 5.97 Å². The number of hydrogen-bond donors (Lipinski definition) is 1. The Morgan fingerprint density at radius 1 is 0.909 bits per heavy atom. The van der Waals surface area contributed by atoms with Gasteiger partial charge in [0.1, 0.15) is 5.75 Å². The highest BCUT2D eigenvalue weighted by molar-refractivity contribution is 7.89. The van der Waals surface area contributed by atoms with Crippen LogP contribution in [0.25, 0.3) is 10.8 Å². The Kier molecular flexibility index (Phi) is 6.65. The summed E-state index contributed by atoms with van der Waals surface area (Å²) in [5.74, 6) is -0.501. The maximum atomic E-state index is 12.7. The average molecular weight is 499 g/mol. The molecule has 1 N–H and O–H groups in total. The molecule has 0 amide bonds. The maximum absolute atomic E-state index is 12.7. The quantitative estimate of drug-likeness (QED) is 0.160. The molecule has 4 aromatic rings. The van der Waals surface area contributed by atoms with Crippen molar-refractivity contribution in [2.24, 2.45) is 5.10 Å². The number of hydrazone groups is 1. The summed E-state index contributed by atoms with van der Waals surface area (Å²) in [7, 11) is -3.86. The molecule has 0 saturated carbocycles. The number of ether oxygens (including phenoxy) is 1. The molecular weight excluding hydrogens is 483 g/mol. The van der Waals surface area contributed by atoms with Crippen LogP contribution in [0.15, 0.2) is 94.9 Å². The van der Waals surface area contributed by atoms with Crippen LogP contribution in [0.2, 0.25) is 10.0 Å². The zero-order chi connectivity index (χ0) is 23.4. The van der Waals surface area contributed by atoms with E-state index in [0.717, 1.165) is 5.39 Å². The fourth-order valence-electron chi connectivity index (χ4n) is 3.12. The van der Waals surface area contributed by atoms with Gasteiger partial charge < -0.3 is 4.74 Å². The lowest BCUT2D eigenvalue weighted by molar-refractivity contribution is 0.0735. The van der Waals surface area contributed by atoms with Crippen LogP contribution in [0.4, 0.5) is 0 Å². The third-order valence-electron chi connectivity index (χ3n) is 4.70. The summed E-state index contributed by atoms with van der Waals surface area (Å²) in [6, 6.07) is 23.1. The Morgan fingerprint density at radius 2 is 1.64 bits per heavy atom. The van der Waals surface area contributed by atoms with Gasteiger partial charge in [0.05, 0.1) is 21.7 Å². The van der Waals surface area contributed by atoms with E-state index >= 15 is 0 Å². The topological polar surface area (TPSA) is 84.8 Å². The van der Waals surface area contributed by atoms with Crippen molar-refractivity contribution in [2.75, 3.05) is 0 Å². The first-order chi connectivity index (χ1) is 15.8. The maximum Gasteiger partial charge on any atom is 0.345 e. The molecule has 0 aliphatic carbocycles. The first kappa shape index (κ1) is 22.8. The zero-order valence-corrected chi connectivity index (χ0v) is 19.2. The van der Waals surface area contributed by atoms with Crippen LogP contribution in [0.3, 0.4) is 0 Å². The molecular formula is C24H16Cl2N2O4S. The molecule has 9 heteroatoms. The van der Waals surface area contributed by atoms with E-state index in [1.165, 1.54) is 36.5 Å². The number of rotatable bonds is 6. The molecule has 4 rings (SSSR count). The van der Waals surface area contributed by atoms with E-state index in [1.807, 2.05) is 24.3 Å². The molecule has 0 unspecified atom stereocenters. The molecule has 0 heterocycles. The minimum atomic E-state index is -3.86. The van der Waals surface area contributed by atoms with E-state index in [4.69, 9.17) is 27.9 Å². The number of halogens is 2. The van der Waals surface area contributed by atoms with E-state index in [9.17, 15) is 13.2 Å². The molecule has 0 spiro atoms. The third kappa shape index (κ3) is 5.17. The Bertz CT molecular complexity index is 1470. The summed E-state index contributed by atoms with van der Waals surface area (Å²) in [4.78, 5) is 15.0. The standard InChI is InChI=1S/C24H16Cl2N2O4S/c25-17-11-12-20(22(26)14-17)24(29)32-23-13-10-16-6-4-5-9-19(16)21(23)15-27-28-33(30,31)18-7-2-1-3-8-18/h1-15,28H. The lowest BCUT2D eigenvalue weighted by atomic mass is 10.0. The molecule has 0 aromatic heterocycles. The molecule has 0 fully saturated rings. The second kappa shape index (κ2) is 9.62. The molecule has 0 atom stereocenters. The van der Waals surface area contributed by atoms with Gasteiger partial charge in [0, 0.05) is 10.6 Å². The highest BCUT2D eigenvalue weighted by Gasteiger charge is 2.17. The smallest absolute Gasteiger partial charge is 0.345 e. The Labute approximate surface area is 200 Å². The zero-order valence-electron chi connectivity index (χ0n) is 16.9. The lowest BCUT2D eigenvalue weighted by Crippen LogP contribution is -2.18. The second-order valence-electron chi connectivity index (χ2n) is 6.88. The molecule has 4 aromatic carbocycles. The Morgan fingerprint density at radius 3 is 2.39 bits per heavy atom. The van der Waals surface area contributed by atoms with E-state index in [1.54, 1.807) is 30.3 Å². The van der Waals surface area contributed by atoms with Gasteiger partial charge in [-0.1, -0.05) is 71.7 Å². The normalized spacial score (nSPS) is 11.6. The first-order valence-corrected chi connectivity index (χ1v) is 11.9. The lowest BCUT2D eigenvalue weighted by Gasteiger charge is -2.11. The number of carbonyl (C=O) groups is 1. The number of nitrogens with one attached hydrogen (secondary N) is 1. The minimum absolute atomic E-state index is 0.0732. The van der Waals surface area contributed by atoms with Gasteiger partial charge in [-0.25, -0.2) is 9.63 Å². The van der Waals surface area contributed by atoms with Crippen LogP contribution >= 0.6 is 23.2 Å². The van der Waals surface area contributed by atoms with Crippen molar-refractivity contribution in [2.45, 2.75) is 4.90 Å². The number of carbonyl (C=O) groups excluding carboxylic acids is 1. The predicted molar refractivity (Wildman–Crippen MR) is 130 cm³/mol. The van der Waals surface area contributed by atoms with Crippen molar-refractivity contribution in [1.82, 2.24) is 4.83 Å². The molecule has 0 aliphatic heterocycles. The molecule has 0 saturated heterocycles. The molecule has 166 valence electrons. The molecule has 0 bridgehead atoms. The van der Waals surface area contributed by atoms with Crippen molar-refractivity contribution in [1.29, 1.82) is 0 Å². The van der Waals surface area contributed by atoms with Gasteiger partial charge in [-0.3, -0.25) is 0 Å². The van der Waals surface area contributed by atoms with Crippen LogP contribution in [0.1, 0.15) is 15.9 Å². The molecule has 33 heavy (non-hydrogen) atoms. The first-order valence-electron chi connectivity index (χ1n) is 9.64. The molecule has 0 aliphatic rings. The third-order valence-corrected chi connectivity index (χ3v) is 6.49. The van der Waals surface area contributed by atoms with Crippen molar-refractivity contribution < 1.29 is 17.9 Å². The van der Waals surface area contributed by atoms with E-state index in [0.29, 0.717) is 16.0 Å². The predicted octanol–water partition coefficient (Wildman–Crippen LogP) is 5.68. The van der Waals surface area contributed by atoms with Gasteiger partial charge in [-0.05, 0) is 47.2 Å². The highest BCUT2D eigenvalue weighted by atomic mass is 35.5. The number of sulfonamides is 1. The van der Waals surface area contributed by atoms with Crippen molar-refractivity contribution in [3.63, 3.8) is 0 Å². The number of fused-ring (bicyclic) bond motifs is 1. The summed E-state index contributed by atoms with van der Waals surface area (Å²) in [6.07, 6.45) is 1.30. The van der Waals surface area contributed by atoms with Crippen molar-refractivity contribution >= 4 is 56.2 Å². The summed E-state index contributed by atoms with van der Waals surface area (Å²) in [6.45, 7) is 0. The number of nitrogens with zero attached hydrogens (tertiary/aromatic N) is 1. The van der Waals surface area contributed by atoms with E-state index in [-0.39, 0.29) is 21.2 Å². The Balaban J connectivity index is 1.68. The van der Waals surface area contributed by atoms with Gasteiger partial charge in [0.25, 0.3) is 10.0 Å². The monoisotopic (exact) mass is 498 g/mol. The van der Waals surface area contributed by atoms with Gasteiger partial charge in [0.2, 0.25) is 0 Å². The van der Waals surface area contributed by atoms with Crippen LogP contribution in [0, 0.1) is 0 Å². The van der Waals surface area contributed by atoms with Crippen molar-refractivity contribution in [3.05, 3.63) is 106 Å². The highest BCUT2D eigenvalue weighted by Crippen LogP contribution is 2.29. The number of benzene rings is 4. The van der Waals surface area contributed by atoms with Crippen LogP contribution < -0.4 is 9.57 Å². The van der Waals surface area contributed by atoms with Gasteiger partial charge in [0.15, 0.2) is 0 Å². The SMILES string of the molecule is O=C(Oc1ccc2ccccc2c1C=NNS(=O)(=O)c1ccccc1)c1ccc(Cl)cc1Cl. The van der Waals surface area contributed by atoms with Gasteiger partial charge in [-0.15, -0.1) is 0 Å². The van der Waals surface area contributed by atoms with Gasteiger partial charge in [-0.2, -0.15) is 13.5 Å². The molecule has 0 radical (unpaired) electrons. The fraction of sp³-hybridized carbons (Fsp3) is 0. The fourth-order valence-corrected chi connectivity index (χ4v) is 4.42. The van der Waals surface area contributed by atoms with E-state index < -0.39 is 16.0 Å².